The Morgan fingerprint density at radius 2 is 2.43 bits per heavy atom. The molecular formula is C11H12N2S. The van der Waals surface area contributed by atoms with E-state index in [1.165, 1.54) is 16.1 Å². The van der Waals surface area contributed by atoms with Gasteiger partial charge in [-0.05, 0) is 35.6 Å². The molecule has 0 aliphatic rings. The van der Waals surface area contributed by atoms with E-state index in [1.54, 1.807) is 17.5 Å². The quantitative estimate of drug-likeness (QED) is 0.831. The van der Waals surface area contributed by atoms with Crippen LogP contribution in [-0.2, 0) is 6.54 Å². The smallest absolute Gasteiger partial charge is 0.0887 e. The molecule has 1 N–H and O–H groups in total. The lowest BCUT2D eigenvalue weighted by atomic mass is 10.3. The number of nitrogens with zero attached hydrogens (tertiary/aromatic N) is 1. The van der Waals surface area contributed by atoms with Crippen molar-refractivity contribution in [3.05, 3.63) is 47.1 Å². The first-order valence-corrected chi connectivity index (χ1v) is 5.40. The zero-order valence-electron chi connectivity index (χ0n) is 8.03. The van der Waals surface area contributed by atoms with E-state index in [2.05, 4.69) is 34.7 Å². The van der Waals surface area contributed by atoms with Crippen LogP contribution in [0.2, 0.25) is 0 Å². The summed E-state index contributed by atoms with van der Waals surface area (Å²) in [4.78, 5) is 4.07. The van der Waals surface area contributed by atoms with Crippen LogP contribution in [0.15, 0.2) is 36.0 Å². The summed E-state index contributed by atoms with van der Waals surface area (Å²) in [5, 5.41) is 6.72. The monoisotopic (exact) mass is 204 g/mol. The minimum absolute atomic E-state index is 0.841. The number of aryl methyl sites for hydroxylation is 1. The van der Waals surface area contributed by atoms with Crippen molar-refractivity contribution in [2.24, 2.45) is 0 Å². The van der Waals surface area contributed by atoms with Crippen molar-refractivity contribution in [3.63, 3.8) is 0 Å². The van der Waals surface area contributed by atoms with Crippen molar-refractivity contribution in [1.82, 2.24) is 4.98 Å². The van der Waals surface area contributed by atoms with Gasteiger partial charge in [-0.2, -0.15) is 0 Å². The Bertz CT molecular complexity index is 395. The van der Waals surface area contributed by atoms with Crippen molar-refractivity contribution < 1.29 is 0 Å². The Kier molecular flexibility index (Phi) is 2.79. The van der Waals surface area contributed by atoms with Gasteiger partial charge in [0.1, 0.15) is 0 Å². The summed E-state index contributed by atoms with van der Waals surface area (Å²) in [6, 6.07) is 6.18. The van der Waals surface area contributed by atoms with Gasteiger partial charge in [-0.1, -0.05) is 6.07 Å². The van der Waals surface area contributed by atoms with Gasteiger partial charge >= 0.3 is 0 Å². The molecule has 0 amide bonds. The van der Waals surface area contributed by atoms with E-state index < -0.39 is 0 Å². The molecule has 0 aliphatic heterocycles. The van der Waals surface area contributed by atoms with Crippen LogP contribution in [0.5, 0.6) is 0 Å². The lowest BCUT2D eigenvalue weighted by Gasteiger charge is -2.02. The molecule has 2 rings (SSSR count). The van der Waals surface area contributed by atoms with Crippen LogP contribution in [0.4, 0.5) is 5.00 Å². The van der Waals surface area contributed by atoms with E-state index in [1.807, 2.05) is 12.3 Å². The third-order valence-corrected chi connectivity index (χ3v) is 2.93. The maximum absolute atomic E-state index is 4.07. The lowest BCUT2D eigenvalue weighted by molar-refractivity contribution is 1.12. The van der Waals surface area contributed by atoms with Gasteiger partial charge in [0.15, 0.2) is 0 Å². The van der Waals surface area contributed by atoms with Crippen LogP contribution >= 0.6 is 11.3 Å². The Morgan fingerprint density at radius 3 is 3.07 bits per heavy atom. The van der Waals surface area contributed by atoms with Gasteiger partial charge in [-0.25, -0.2) is 0 Å². The second-order valence-electron chi connectivity index (χ2n) is 3.20. The molecule has 14 heavy (non-hydrogen) atoms. The SMILES string of the molecule is Cc1csc(NCc2cccnc2)c1. The van der Waals surface area contributed by atoms with E-state index in [9.17, 15) is 0 Å². The largest absolute Gasteiger partial charge is 0.373 e. The second-order valence-corrected chi connectivity index (χ2v) is 4.11. The standard InChI is InChI=1S/C11H12N2S/c1-9-5-11(14-8-9)13-7-10-3-2-4-12-6-10/h2-6,8,13H,7H2,1H3. The zero-order chi connectivity index (χ0) is 9.80. The summed E-state index contributed by atoms with van der Waals surface area (Å²) in [7, 11) is 0. The molecule has 0 atom stereocenters. The van der Waals surface area contributed by atoms with Crippen LogP contribution in [-0.4, -0.2) is 4.98 Å². The average Bonchev–Trinajstić information content (AvgIpc) is 2.63. The highest BCUT2D eigenvalue weighted by Crippen LogP contribution is 2.19. The molecule has 2 aromatic rings. The van der Waals surface area contributed by atoms with Crippen molar-refractivity contribution in [2.75, 3.05) is 5.32 Å². The molecule has 72 valence electrons. The van der Waals surface area contributed by atoms with Crippen LogP contribution in [0, 0.1) is 6.92 Å². The van der Waals surface area contributed by atoms with Crippen LogP contribution < -0.4 is 5.32 Å². The molecule has 0 radical (unpaired) electrons. The number of thiophene rings is 1. The number of pyridine rings is 1. The highest BCUT2D eigenvalue weighted by Gasteiger charge is 1.95. The van der Waals surface area contributed by atoms with Gasteiger partial charge in [0, 0.05) is 18.9 Å². The fraction of sp³-hybridized carbons (Fsp3) is 0.182. The fourth-order valence-electron chi connectivity index (χ4n) is 1.22. The molecule has 0 unspecified atom stereocenters. The first kappa shape index (κ1) is 9.21. The second kappa shape index (κ2) is 4.24. The molecular weight excluding hydrogens is 192 g/mol. The molecule has 0 saturated heterocycles. The topological polar surface area (TPSA) is 24.9 Å². The minimum Gasteiger partial charge on any atom is -0.373 e. The van der Waals surface area contributed by atoms with E-state index >= 15 is 0 Å². The van der Waals surface area contributed by atoms with Crippen LogP contribution in [0.25, 0.3) is 0 Å². The number of hydrogen-bond donors (Lipinski definition) is 1. The van der Waals surface area contributed by atoms with Gasteiger partial charge in [0.05, 0.1) is 5.00 Å². The van der Waals surface area contributed by atoms with Gasteiger partial charge in [0.25, 0.3) is 0 Å². The Morgan fingerprint density at radius 1 is 1.50 bits per heavy atom. The summed E-state index contributed by atoms with van der Waals surface area (Å²) in [6.45, 7) is 2.94. The molecule has 0 bridgehead atoms. The number of anilines is 1. The molecule has 2 heterocycles. The molecule has 0 saturated carbocycles. The predicted molar refractivity (Wildman–Crippen MR) is 60.6 cm³/mol. The summed E-state index contributed by atoms with van der Waals surface area (Å²) in [5.74, 6) is 0. The van der Waals surface area contributed by atoms with Gasteiger partial charge in [-0.3, -0.25) is 4.98 Å². The van der Waals surface area contributed by atoms with Crippen molar-refractivity contribution in [3.8, 4) is 0 Å². The maximum atomic E-state index is 4.07. The Balaban J connectivity index is 1.95. The van der Waals surface area contributed by atoms with Crippen molar-refractivity contribution in [1.29, 1.82) is 0 Å². The molecule has 0 spiro atoms. The first-order chi connectivity index (χ1) is 6.84. The molecule has 3 heteroatoms. The third-order valence-electron chi connectivity index (χ3n) is 1.92. The average molecular weight is 204 g/mol. The van der Waals surface area contributed by atoms with Crippen LogP contribution in [0.3, 0.4) is 0 Å². The van der Waals surface area contributed by atoms with Crippen molar-refractivity contribution in [2.45, 2.75) is 13.5 Å². The number of rotatable bonds is 3. The van der Waals surface area contributed by atoms with Gasteiger partial charge in [-0.15, -0.1) is 11.3 Å². The highest BCUT2D eigenvalue weighted by molar-refractivity contribution is 7.14. The zero-order valence-corrected chi connectivity index (χ0v) is 8.84. The molecule has 0 fully saturated rings. The van der Waals surface area contributed by atoms with Crippen molar-refractivity contribution >= 4 is 16.3 Å². The van der Waals surface area contributed by atoms with E-state index in [4.69, 9.17) is 0 Å². The molecule has 2 aromatic heterocycles. The van der Waals surface area contributed by atoms with Gasteiger partial charge in [0.2, 0.25) is 0 Å². The molecule has 0 aliphatic carbocycles. The molecule has 0 aromatic carbocycles. The molecule has 2 nitrogen and oxygen atoms in total. The Labute approximate surface area is 87.6 Å². The predicted octanol–water partition coefficient (Wildman–Crippen LogP) is 3.06. The highest BCUT2D eigenvalue weighted by atomic mass is 32.1. The minimum atomic E-state index is 0.841. The van der Waals surface area contributed by atoms with E-state index in [-0.39, 0.29) is 0 Å². The van der Waals surface area contributed by atoms with Gasteiger partial charge < -0.3 is 5.32 Å². The summed E-state index contributed by atoms with van der Waals surface area (Å²) in [6.07, 6.45) is 3.67. The first-order valence-electron chi connectivity index (χ1n) is 4.52. The Hall–Kier alpha value is -1.35. The number of nitrogens with one attached hydrogen (secondary N) is 1. The van der Waals surface area contributed by atoms with E-state index in [0.717, 1.165) is 6.54 Å². The van der Waals surface area contributed by atoms with E-state index in [0.29, 0.717) is 0 Å². The third kappa shape index (κ3) is 2.33. The number of aromatic nitrogens is 1. The summed E-state index contributed by atoms with van der Waals surface area (Å²) < 4.78 is 0. The maximum Gasteiger partial charge on any atom is 0.0887 e. The lowest BCUT2D eigenvalue weighted by Crippen LogP contribution is -1.97. The number of hydrogen-bond acceptors (Lipinski definition) is 3. The van der Waals surface area contributed by atoms with Crippen LogP contribution in [0.1, 0.15) is 11.1 Å². The fourth-order valence-corrected chi connectivity index (χ4v) is 2.01. The summed E-state index contributed by atoms with van der Waals surface area (Å²) in [5.41, 5.74) is 2.52. The normalized spacial score (nSPS) is 10.1. The summed E-state index contributed by atoms with van der Waals surface area (Å²) >= 11 is 1.74.